The van der Waals surface area contributed by atoms with Crippen LogP contribution in [0, 0.1) is 0 Å². The van der Waals surface area contributed by atoms with E-state index in [-0.39, 0.29) is 37.7 Å². The Hall–Kier alpha value is -2.12. The van der Waals surface area contributed by atoms with E-state index in [0.29, 0.717) is 0 Å². The number of nitrogens with two attached hydrogens (primary N) is 2. The number of carboxylic acids is 2. The van der Waals surface area contributed by atoms with Gasteiger partial charge in [-0.25, -0.2) is 0 Å². The maximum Gasteiger partial charge on any atom is 0.320 e. The van der Waals surface area contributed by atoms with E-state index >= 15 is 0 Å². The van der Waals surface area contributed by atoms with Crippen LogP contribution in [0.25, 0.3) is 11.1 Å². The van der Waals surface area contributed by atoms with E-state index in [4.69, 9.17) is 21.7 Å². The van der Waals surface area contributed by atoms with Crippen molar-refractivity contribution in [1.82, 2.24) is 0 Å². The maximum absolute atomic E-state index is 10.8. The molecule has 0 aliphatic carbocycles. The van der Waals surface area contributed by atoms with Crippen molar-refractivity contribution >= 4 is 36.8 Å². The van der Waals surface area contributed by atoms with Crippen molar-refractivity contribution in [2.45, 2.75) is 24.9 Å². The Bertz CT molecular complexity index is 657. The molecule has 142 valence electrons. The van der Waals surface area contributed by atoms with Gasteiger partial charge in [0.15, 0.2) is 0 Å². The number of hydrogen-bond donors (Lipinski definition) is 4. The normalized spacial score (nSPS) is 12.2. The zero-order valence-corrected chi connectivity index (χ0v) is 15.5. The van der Waals surface area contributed by atoms with Gasteiger partial charge in [0.25, 0.3) is 0 Å². The van der Waals surface area contributed by atoms with Gasteiger partial charge in [0.05, 0.1) is 0 Å². The first-order valence-electron chi connectivity index (χ1n) is 7.52. The monoisotopic (exact) mass is 400 g/mol. The fraction of sp³-hybridized carbons (Fsp3) is 0.222. The molecule has 6 N–H and O–H groups in total. The summed E-state index contributed by atoms with van der Waals surface area (Å²) in [5.41, 5.74) is 14.7. The molecule has 0 aromatic heterocycles. The Balaban J connectivity index is 0.00000312. The van der Waals surface area contributed by atoms with Gasteiger partial charge in [0.1, 0.15) is 12.1 Å². The van der Waals surface area contributed by atoms with Crippen LogP contribution < -0.4 is 11.5 Å². The number of hydrogen-bond acceptors (Lipinski definition) is 4. The van der Waals surface area contributed by atoms with Crippen LogP contribution in [0.1, 0.15) is 11.1 Å². The quantitative estimate of drug-likeness (QED) is 0.563. The van der Waals surface area contributed by atoms with Gasteiger partial charge in [-0.3, -0.25) is 9.59 Å². The number of carbonyl (C=O) groups is 2. The van der Waals surface area contributed by atoms with Crippen molar-refractivity contribution in [2.24, 2.45) is 11.5 Å². The molecule has 2 atom stereocenters. The highest BCUT2D eigenvalue weighted by Gasteiger charge is 2.13. The van der Waals surface area contributed by atoms with E-state index in [2.05, 4.69) is 0 Å². The summed E-state index contributed by atoms with van der Waals surface area (Å²) < 4.78 is 0. The van der Waals surface area contributed by atoms with E-state index in [1.807, 2.05) is 48.5 Å². The molecule has 0 radical (unpaired) electrons. The highest BCUT2D eigenvalue weighted by Crippen LogP contribution is 2.21. The second kappa shape index (κ2) is 10.8. The van der Waals surface area contributed by atoms with Crippen LogP contribution in [-0.2, 0) is 22.4 Å². The summed E-state index contributed by atoms with van der Waals surface area (Å²) in [5, 5.41) is 17.7. The molecule has 0 unspecified atom stereocenters. The Morgan fingerprint density at radius 2 is 0.962 bits per heavy atom. The van der Waals surface area contributed by atoms with Crippen LogP contribution in [-0.4, -0.2) is 34.2 Å². The lowest BCUT2D eigenvalue weighted by molar-refractivity contribution is -0.139. The summed E-state index contributed by atoms with van der Waals surface area (Å²) in [6, 6.07) is 13.2. The van der Waals surface area contributed by atoms with Crippen molar-refractivity contribution < 1.29 is 19.8 Å². The first kappa shape index (κ1) is 23.9. The van der Waals surface area contributed by atoms with Crippen molar-refractivity contribution in [2.75, 3.05) is 0 Å². The largest absolute Gasteiger partial charge is 0.480 e. The molecule has 8 heteroatoms. The number of carboxylic acid groups (broad SMARTS) is 2. The molecule has 2 aromatic carbocycles. The molecule has 0 aliphatic rings. The number of benzene rings is 2. The number of rotatable bonds is 7. The predicted molar refractivity (Wildman–Crippen MR) is 105 cm³/mol. The van der Waals surface area contributed by atoms with E-state index in [9.17, 15) is 9.59 Å². The zero-order chi connectivity index (χ0) is 17.7. The third-order valence-electron chi connectivity index (χ3n) is 3.79. The second-order valence-electron chi connectivity index (χ2n) is 5.69. The van der Waals surface area contributed by atoms with Gasteiger partial charge < -0.3 is 21.7 Å². The third-order valence-corrected chi connectivity index (χ3v) is 3.79. The average Bonchev–Trinajstić information content (AvgIpc) is 2.56. The molecule has 26 heavy (non-hydrogen) atoms. The first-order valence-corrected chi connectivity index (χ1v) is 7.52. The van der Waals surface area contributed by atoms with Crippen LogP contribution in [0.15, 0.2) is 48.5 Å². The van der Waals surface area contributed by atoms with E-state index in [1.165, 1.54) is 0 Å². The van der Waals surface area contributed by atoms with Gasteiger partial charge in [-0.1, -0.05) is 48.5 Å². The lowest BCUT2D eigenvalue weighted by atomic mass is 9.98. The molecule has 0 bridgehead atoms. The second-order valence-corrected chi connectivity index (χ2v) is 5.69. The Kier molecular flexibility index (Phi) is 9.90. The SMILES string of the molecule is Cl.Cl.N[C@@H](Cc1ccc(-c2ccc(C[C@H](N)C(=O)O)cc2)cc1)C(=O)O. The van der Waals surface area contributed by atoms with Crippen LogP contribution in [0.4, 0.5) is 0 Å². The molecule has 0 amide bonds. The molecule has 0 fully saturated rings. The molecule has 0 aliphatic heterocycles. The van der Waals surface area contributed by atoms with Crippen LogP contribution in [0.5, 0.6) is 0 Å². The number of halogens is 2. The smallest absolute Gasteiger partial charge is 0.320 e. The van der Waals surface area contributed by atoms with E-state index < -0.39 is 24.0 Å². The van der Waals surface area contributed by atoms with Gasteiger partial charge >= 0.3 is 11.9 Å². The van der Waals surface area contributed by atoms with Gasteiger partial charge in [0, 0.05) is 0 Å². The standard InChI is InChI=1S/C18H20N2O4.2ClH/c19-15(17(21)22)9-11-1-5-13(6-2-11)14-7-3-12(4-8-14)10-16(20)18(23)24;;/h1-8,15-16H,9-10,19-20H2,(H,21,22)(H,23,24);2*1H/t15-,16-;;/m0../s1. The zero-order valence-electron chi connectivity index (χ0n) is 13.9. The van der Waals surface area contributed by atoms with E-state index in [1.54, 1.807) is 0 Å². The van der Waals surface area contributed by atoms with E-state index in [0.717, 1.165) is 22.3 Å². The summed E-state index contributed by atoms with van der Waals surface area (Å²) in [6.45, 7) is 0. The topological polar surface area (TPSA) is 127 Å². The van der Waals surface area contributed by atoms with Crippen molar-refractivity contribution in [3.63, 3.8) is 0 Å². The van der Waals surface area contributed by atoms with Gasteiger partial charge in [-0.2, -0.15) is 0 Å². The summed E-state index contributed by atoms with van der Waals surface area (Å²) >= 11 is 0. The average molecular weight is 401 g/mol. The minimum absolute atomic E-state index is 0. The van der Waals surface area contributed by atoms with Crippen molar-refractivity contribution in [3.8, 4) is 11.1 Å². The molecule has 0 saturated carbocycles. The highest BCUT2D eigenvalue weighted by atomic mass is 35.5. The summed E-state index contributed by atoms with van der Waals surface area (Å²) in [4.78, 5) is 21.5. The first-order chi connectivity index (χ1) is 11.4. The van der Waals surface area contributed by atoms with Crippen LogP contribution in [0.3, 0.4) is 0 Å². The van der Waals surface area contributed by atoms with Crippen molar-refractivity contribution in [3.05, 3.63) is 59.7 Å². The lowest BCUT2D eigenvalue weighted by Gasteiger charge is -2.09. The fourth-order valence-corrected chi connectivity index (χ4v) is 2.35. The van der Waals surface area contributed by atoms with Crippen LogP contribution >= 0.6 is 24.8 Å². The molecule has 2 rings (SSSR count). The maximum atomic E-state index is 10.8. The molecule has 6 nitrogen and oxygen atoms in total. The fourth-order valence-electron chi connectivity index (χ4n) is 2.35. The molecule has 0 saturated heterocycles. The minimum atomic E-state index is -1.02. The molecule has 2 aromatic rings. The van der Waals surface area contributed by atoms with Gasteiger partial charge in [-0.15, -0.1) is 24.8 Å². The third kappa shape index (κ3) is 6.65. The predicted octanol–water partition coefficient (Wildman–Crippen LogP) is 2.11. The molecule has 0 heterocycles. The highest BCUT2D eigenvalue weighted by molar-refractivity contribution is 5.85. The Morgan fingerprint density at radius 3 is 1.19 bits per heavy atom. The number of aliphatic carboxylic acids is 2. The lowest BCUT2D eigenvalue weighted by Crippen LogP contribution is -2.32. The van der Waals surface area contributed by atoms with Crippen molar-refractivity contribution in [1.29, 1.82) is 0 Å². The van der Waals surface area contributed by atoms with Gasteiger partial charge in [-0.05, 0) is 35.1 Å². The van der Waals surface area contributed by atoms with Crippen LogP contribution in [0.2, 0.25) is 0 Å². The summed E-state index contributed by atoms with van der Waals surface area (Å²) in [5.74, 6) is -2.04. The summed E-state index contributed by atoms with van der Waals surface area (Å²) in [6.07, 6.45) is 0.559. The van der Waals surface area contributed by atoms with Gasteiger partial charge in [0.2, 0.25) is 0 Å². The molecular weight excluding hydrogens is 379 g/mol. The summed E-state index contributed by atoms with van der Waals surface area (Å²) in [7, 11) is 0. The minimum Gasteiger partial charge on any atom is -0.480 e. The molecular formula is C18H22Cl2N2O4. The molecule has 0 spiro atoms. The Morgan fingerprint density at radius 1 is 0.692 bits per heavy atom. The Labute approximate surface area is 164 Å².